The highest BCUT2D eigenvalue weighted by Gasteiger charge is 2.40. The van der Waals surface area contributed by atoms with E-state index in [1.54, 1.807) is 0 Å². The van der Waals surface area contributed by atoms with Gasteiger partial charge in [0.15, 0.2) is 0 Å². The Kier molecular flexibility index (Phi) is 6.25. The zero-order chi connectivity index (χ0) is 15.8. The average molecular weight is 418 g/mol. The lowest BCUT2D eigenvalue weighted by Gasteiger charge is -2.23. The van der Waals surface area contributed by atoms with Crippen LogP contribution in [0.25, 0.3) is 0 Å². The van der Waals surface area contributed by atoms with Crippen LogP contribution in [0.15, 0.2) is 21.5 Å². The van der Waals surface area contributed by atoms with E-state index >= 15 is 0 Å². The molecule has 0 radical (unpaired) electrons. The topological polar surface area (TPSA) is 72.6 Å². The number of sulfonamides is 1. The predicted octanol–water partition coefficient (Wildman–Crippen LogP) is 2.38. The monoisotopic (exact) mass is 416 g/mol. The third-order valence-corrected chi connectivity index (χ3v) is 6.31. The molecule has 1 aliphatic heterocycles. The molecule has 126 valence electrons. The van der Waals surface area contributed by atoms with E-state index in [2.05, 4.69) is 15.9 Å². The molecular weight excluding hydrogens is 399 g/mol. The number of nitrogens with two attached hydrogens (primary N) is 1. The minimum Gasteiger partial charge on any atom is -0.495 e. The first-order valence-electron chi connectivity index (χ1n) is 6.47. The fraction of sp³-hybridized carbons (Fsp3) is 0.538. The minimum absolute atomic E-state index is 0. The molecular formula is C13H19BrClFN2O3S. The standard InChI is InChI=1S/C13H18BrFN2O3S.ClH/c1-13(7-16)3-4-17(8-13)21(18,19)12-6-10(15)9(14)5-11(12)20-2;/h5-6H,3-4,7-8,16H2,1-2H3;1H. The van der Waals surface area contributed by atoms with Crippen molar-refractivity contribution in [3.63, 3.8) is 0 Å². The Morgan fingerprint density at radius 1 is 1.50 bits per heavy atom. The maximum atomic E-state index is 13.7. The third kappa shape index (κ3) is 3.56. The summed E-state index contributed by atoms with van der Waals surface area (Å²) >= 11 is 3.02. The Morgan fingerprint density at radius 2 is 2.14 bits per heavy atom. The molecule has 2 N–H and O–H groups in total. The number of halogens is 3. The summed E-state index contributed by atoms with van der Waals surface area (Å²) in [4.78, 5) is -0.160. The molecule has 1 aliphatic rings. The van der Waals surface area contributed by atoms with Gasteiger partial charge in [-0.25, -0.2) is 12.8 Å². The highest BCUT2D eigenvalue weighted by atomic mass is 79.9. The van der Waals surface area contributed by atoms with E-state index in [0.29, 0.717) is 26.1 Å². The largest absolute Gasteiger partial charge is 0.495 e. The number of methoxy groups -OCH3 is 1. The van der Waals surface area contributed by atoms with E-state index in [1.807, 2.05) is 6.92 Å². The van der Waals surface area contributed by atoms with Crippen molar-refractivity contribution in [2.45, 2.75) is 18.2 Å². The summed E-state index contributed by atoms with van der Waals surface area (Å²) in [5.74, 6) is -0.528. The zero-order valence-corrected chi connectivity index (χ0v) is 15.5. The first-order valence-corrected chi connectivity index (χ1v) is 8.70. The molecule has 1 saturated heterocycles. The minimum atomic E-state index is -3.81. The van der Waals surface area contributed by atoms with Crippen molar-refractivity contribution >= 4 is 38.4 Å². The normalized spacial score (nSPS) is 22.4. The molecule has 1 aromatic carbocycles. The summed E-state index contributed by atoms with van der Waals surface area (Å²) in [5.41, 5.74) is 5.46. The number of nitrogens with zero attached hydrogens (tertiary/aromatic N) is 1. The zero-order valence-electron chi connectivity index (χ0n) is 12.3. The van der Waals surface area contributed by atoms with Crippen molar-refractivity contribution in [2.75, 3.05) is 26.7 Å². The second kappa shape index (κ2) is 7.00. The molecule has 1 atom stereocenters. The van der Waals surface area contributed by atoms with Gasteiger partial charge < -0.3 is 10.5 Å². The van der Waals surface area contributed by atoms with Crippen molar-refractivity contribution in [3.8, 4) is 5.75 Å². The summed E-state index contributed by atoms with van der Waals surface area (Å²) in [6.45, 7) is 3.05. The summed E-state index contributed by atoms with van der Waals surface area (Å²) in [5, 5.41) is 0. The maximum Gasteiger partial charge on any atom is 0.246 e. The van der Waals surface area contributed by atoms with E-state index in [0.717, 1.165) is 6.07 Å². The van der Waals surface area contributed by atoms with Crippen molar-refractivity contribution in [3.05, 3.63) is 22.4 Å². The molecule has 0 aromatic heterocycles. The quantitative estimate of drug-likeness (QED) is 0.816. The van der Waals surface area contributed by atoms with Gasteiger partial charge in [0.05, 0.1) is 11.6 Å². The lowest BCUT2D eigenvalue weighted by atomic mass is 9.90. The summed E-state index contributed by atoms with van der Waals surface area (Å²) < 4.78 is 45.7. The molecule has 22 heavy (non-hydrogen) atoms. The first kappa shape index (κ1) is 19.6. The van der Waals surface area contributed by atoms with Crippen LogP contribution in [-0.4, -0.2) is 39.5 Å². The summed E-state index contributed by atoms with van der Waals surface area (Å²) in [7, 11) is -2.46. The fourth-order valence-electron chi connectivity index (χ4n) is 2.36. The van der Waals surface area contributed by atoms with Crippen LogP contribution in [0.3, 0.4) is 0 Å². The molecule has 1 heterocycles. The van der Waals surface area contributed by atoms with E-state index in [-0.39, 0.29) is 32.9 Å². The number of benzene rings is 1. The van der Waals surface area contributed by atoms with Crippen LogP contribution >= 0.6 is 28.3 Å². The van der Waals surface area contributed by atoms with E-state index in [9.17, 15) is 12.8 Å². The van der Waals surface area contributed by atoms with Crippen LogP contribution in [0.4, 0.5) is 4.39 Å². The van der Waals surface area contributed by atoms with Gasteiger partial charge in [0.25, 0.3) is 0 Å². The molecule has 5 nitrogen and oxygen atoms in total. The Morgan fingerprint density at radius 3 is 2.64 bits per heavy atom. The molecule has 1 aromatic rings. The number of rotatable bonds is 4. The van der Waals surface area contributed by atoms with Crippen LogP contribution in [0.2, 0.25) is 0 Å². The van der Waals surface area contributed by atoms with Crippen molar-refractivity contribution < 1.29 is 17.5 Å². The van der Waals surface area contributed by atoms with Gasteiger partial charge in [-0.15, -0.1) is 12.4 Å². The van der Waals surface area contributed by atoms with Gasteiger partial charge >= 0.3 is 0 Å². The Hall–Kier alpha value is -0.410. The van der Waals surface area contributed by atoms with Gasteiger partial charge in [0.1, 0.15) is 16.5 Å². The third-order valence-electron chi connectivity index (χ3n) is 3.84. The maximum absolute atomic E-state index is 13.7. The molecule has 0 bridgehead atoms. The lowest BCUT2D eigenvalue weighted by molar-refractivity contribution is 0.348. The second-order valence-electron chi connectivity index (χ2n) is 5.52. The van der Waals surface area contributed by atoms with Crippen LogP contribution in [0.5, 0.6) is 5.75 Å². The molecule has 1 fully saturated rings. The molecule has 1 unspecified atom stereocenters. The van der Waals surface area contributed by atoms with Gasteiger partial charge in [-0.3, -0.25) is 0 Å². The fourth-order valence-corrected chi connectivity index (χ4v) is 4.42. The Bertz CT molecular complexity index is 659. The molecule has 0 amide bonds. The lowest BCUT2D eigenvalue weighted by Crippen LogP contribution is -2.34. The van der Waals surface area contributed by atoms with Gasteiger partial charge in [-0.05, 0) is 46.4 Å². The SMILES string of the molecule is COc1cc(Br)c(F)cc1S(=O)(=O)N1CCC(C)(CN)C1.Cl. The van der Waals surface area contributed by atoms with Crippen LogP contribution < -0.4 is 10.5 Å². The predicted molar refractivity (Wildman–Crippen MR) is 88.4 cm³/mol. The van der Waals surface area contributed by atoms with Crippen LogP contribution in [-0.2, 0) is 10.0 Å². The van der Waals surface area contributed by atoms with E-state index < -0.39 is 15.8 Å². The van der Waals surface area contributed by atoms with Crippen molar-refractivity contribution in [1.29, 1.82) is 0 Å². The Labute approximate surface area is 144 Å². The molecule has 2 rings (SSSR count). The van der Waals surface area contributed by atoms with Gasteiger partial charge in [0, 0.05) is 13.1 Å². The first-order chi connectivity index (χ1) is 9.73. The number of ether oxygens (including phenoxy) is 1. The smallest absolute Gasteiger partial charge is 0.246 e. The summed E-state index contributed by atoms with van der Waals surface area (Å²) in [6, 6.07) is 2.30. The highest BCUT2D eigenvalue weighted by Crippen LogP contribution is 2.36. The Balaban J connectivity index is 0.00000242. The second-order valence-corrected chi connectivity index (χ2v) is 8.28. The van der Waals surface area contributed by atoms with Gasteiger partial charge in [-0.1, -0.05) is 6.92 Å². The molecule has 0 spiro atoms. The molecule has 0 aliphatic carbocycles. The highest BCUT2D eigenvalue weighted by molar-refractivity contribution is 9.10. The van der Waals surface area contributed by atoms with Crippen molar-refractivity contribution in [1.82, 2.24) is 4.31 Å². The average Bonchev–Trinajstić information content (AvgIpc) is 2.85. The summed E-state index contributed by atoms with van der Waals surface area (Å²) in [6.07, 6.45) is 0.685. The van der Waals surface area contributed by atoms with E-state index in [4.69, 9.17) is 10.5 Å². The molecule has 9 heteroatoms. The van der Waals surface area contributed by atoms with Crippen LogP contribution in [0.1, 0.15) is 13.3 Å². The molecule has 0 saturated carbocycles. The van der Waals surface area contributed by atoms with Crippen molar-refractivity contribution in [2.24, 2.45) is 11.1 Å². The van der Waals surface area contributed by atoms with Crippen LogP contribution in [0, 0.1) is 11.2 Å². The number of hydrogen-bond donors (Lipinski definition) is 1. The number of hydrogen-bond acceptors (Lipinski definition) is 4. The van der Waals surface area contributed by atoms with Gasteiger partial charge in [0.2, 0.25) is 10.0 Å². The van der Waals surface area contributed by atoms with Gasteiger partial charge in [-0.2, -0.15) is 4.31 Å². The van der Waals surface area contributed by atoms with E-state index in [1.165, 1.54) is 17.5 Å².